The van der Waals surface area contributed by atoms with E-state index in [1.165, 1.54) is 19.3 Å². The molecule has 0 saturated heterocycles. The standard InChI is InChI=1S/C12H24N2O/c1-12(2,7-8-13)11(15)14(3)9-10-5-4-6-10/h10H,4-9,13H2,1-3H3. The molecule has 0 bridgehead atoms. The summed E-state index contributed by atoms with van der Waals surface area (Å²) in [7, 11) is 1.92. The Labute approximate surface area is 93.0 Å². The summed E-state index contributed by atoms with van der Waals surface area (Å²) in [5.74, 6) is 0.979. The predicted molar refractivity (Wildman–Crippen MR) is 62.4 cm³/mol. The maximum Gasteiger partial charge on any atom is 0.228 e. The second-order valence-electron chi connectivity index (χ2n) is 5.41. The highest BCUT2D eigenvalue weighted by Gasteiger charge is 2.31. The summed E-state index contributed by atoms with van der Waals surface area (Å²) in [5.41, 5.74) is 5.22. The molecule has 1 aliphatic rings. The Morgan fingerprint density at radius 2 is 2.07 bits per heavy atom. The quantitative estimate of drug-likeness (QED) is 0.752. The normalized spacial score (nSPS) is 17.3. The van der Waals surface area contributed by atoms with E-state index in [4.69, 9.17) is 5.73 Å². The Morgan fingerprint density at radius 1 is 1.47 bits per heavy atom. The molecule has 88 valence electrons. The van der Waals surface area contributed by atoms with Gasteiger partial charge >= 0.3 is 0 Å². The van der Waals surface area contributed by atoms with Crippen molar-refractivity contribution in [1.82, 2.24) is 4.90 Å². The molecule has 2 N–H and O–H groups in total. The first-order valence-corrected chi connectivity index (χ1v) is 5.93. The number of rotatable bonds is 5. The Hall–Kier alpha value is -0.570. The molecule has 0 atom stereocenters. The van der Waals surface area contributed by atoms with E-state index < -0.39 is 0 Å². The van der Waals surface area contributed by atoms with E-state index in [1.54, 1.807) is 0 Å². The second-order valence-corrected chi connectivity index (χ2v) is 5.41. The molecular weight excluding hydrogens is 188 g/mol. The van der Waals surface area contributed by atoms with Crippen LogP contribution < -0.4 is 5.73 Å². The van der Waals surface area contributed by atoms with Gasteiger partial charge in [-0.3, -0.25) is 4.79 Å². The second kappa shape index (κ2) is 4.97. The zero-order chi connectivity index (χ0) is 11.5. The van der Waals surface area contributed by atoms with Crippen LogP contribution in [0.5, 0.6) is 0 Å². The monoisotopic (exact) mass is 212 g/mol. The van der Waals surface area contributed by atoms with Crippen LogP contribution >= 0.6 is 0 Å². The van der Waals surface area contributed by atoms with E-state index in [0.717, 1.165) is 18.9 Å². The molecule has 15 heavy (non-hydrogen) atoms. The number of amides is 1. The molecule has 1 fully saturated rings. The molecule has 3 heteroatoms. The largest absolute Gasteiger partial charge is 0.345 e. The maximum absolute atomic E-state index is 12.1. The van der Waals surface area contributed by atoms with Gasteiger partial charge in [-0.2, -0.15) is 0 Å². The molecule has 1 rings (SSSR count). The lowest BCUT2D eigenvalue weighted by Gasteiger charge is -2.34. The highest BCUT2D eigenvalue weighted by atomic mass is 16.2. The smallest absolute Gasteiger partial charge is 0.228 e. The van der Waals surface area contributed by atoms with E-state index in [0.29, 0.717) is 6.54 Å². The maximum atomic E-state index is 12.1. The van der Waals surface area contributed by atoms with E-state index >= 15 is 0 Å². The molecule has 1 saturated carbocycles. The first kappa shape index (κ1) is 12.5. The fourth-order valence-corrected chi connectivity index (χ4v) is 2.13. The molecule has 0 spiro atoms. The number of hydrogen-bond acceptors (Lipinski definition) is 2. The average molecular weight is 212 g/mol. The number of hydrogen-bond donors (Lipinski definition) is 1. The van der Waals surface area contributed by atoms with Crippen LogP contribution in [0.1, 0.15) is 39.5 Å². The minimum absolute atomic E-state index is 0.236. The van der Waals surface area contributed by atoms with Crippen LogP contribution in [0.4, 0.5) is 0 Å². The van der Waals surface area contributed by atoms with Crippen molar-refractivity contribution >= 4 is 5.91 Å². The van der Waals surface area contributed by atoms with Crippen molar-refractivity contribution in [1.29, 1.82) is 0 Å². The van der Waals surface area contributed by atoms with Crippen molar-refractivity contribution in [3.05, 3.63) is 0 Å². The molecule has 1 aliphatic carbocycles. The minimum atomic E-state index is -0.298. The van der Waals surface area contributed by atoms with Crippen LogP contribution in [-0.4, -0.2) is 30.9 Å². The topological polar surface area (TPSA) is 46.3 Å². The third-order valence-corrected chi connectivity index (χ3v) is 3.45. The summed E-state index contributed by atoms with van der Waals surface area (Å²) in [6.45, 7) is 5.47. The van der Waals surface area contributed by atoms with Crippen molar-refractivity contribution in [3.8, 4) is 0 Å². The third kappa shape index (κ3) is 3.20. The lowest BCUT2D eigenvalue weighted by molar-refractivity contribution is -0.140. The van der Waals surface area contributed by atoms with Crippen molar-refractivity contribution in [2.24, 2.45) is 17.1 Å². The van der Waals surface area contributed by atoms with Crippen LogP contribution in [0.25, 0.3) is 0 Å². The molecule has 0 aromatic rings. The molecule has 0 unspecified atom stereocenters. The van der Waals surface area contributed by atoms with Crippen molar-refractivity contribution < 1.29 is 4.79 Å². The fraction of sp³-hybridized carbons (Fsp3) is 0.917. The van der Waals surface area contributed by atoms with Gasteiger partial charge in [0.25, 0.3) is 0 Å². The minimum Gasteiger partial charge on any atom is -0.345 e. The van der Waals surface area contributed by atoms with Crippen molar-refractivity contribution in [2.75, 3.05) is 20.1 Å². The number of nitrogens with zero attached hydrogens (tertiary/aromatic N) is 1. The molecular formula is C12H24N2O. The zero-order valence-electron chi connectivity index (χ0n) is 10.3. The van der Waals surface area contributed by atoms with E-state index in [1.807, 2.05) is 25.8 Å². The Balaban J connectivity index is 2.42. The van der Waals surface area contributed by atoms with E-state index in [9.17, 15) is 4.79 Å². The lowest BCUT2D eigenvalue weighted by Crippen LogP contribution is -2.42. The van der Waals surface area contributed by atoms with Gasteiger partial charge in [0, 0.05) is 19.0 Å². The van der Waals surface area contributed by atoms with Crippen molar-refractivity contribution in [2.45, 2.75) is 39.5 Å². The Bertz CT molecular complexity index is 222. The van der Waals surface area contributed by atoms with E-state index in [-0.39, 0.29) is 11.3 Å². The molecule has 0 heterocycles. The zero-order valence-corrected chi connectivity index (χ0v) is 10.3. The number of nitrogens with two attached hydrogens (primary N) is 1. The van der Waals surface area contributed by atoms with Gasteiger partial charge in [0.2, 0.25) is 5.91 Å². The molecule has 1 amide bonds. The van der Waals surface area contributed by atoms with Gasteiger partial charge in [0.1, 0.15) is 0 Å². The SMILES string of the molecule is CN(CC1CCC1)C(=O)C(C)(C)CCN. The van der Waals surface area contributed by atoms with Gasteiger partial charge in [-0.15, -0.1) is 0 Å². The number of carbonyl (C=O) groups is 1. The highest BCUT2D eigenvalue weighted by Crippen LogP contribution is 2.29. The van der Waals surface area contributed by atoms with E-state index in [2.05, 4.69) is 0 Å². The van der Waals surface area contributed by atoms with Gasteiger partial charge < -0.3 is 10.6 Å². The first-order chi connectivity index (χ1) is 6.97. The third-order valence-electron chi connectivity index (χ3n) is 3.45. The summed E-state index contributed by atoms with van der Waals surface area (Å²) in [6, 6.07) is 0. The summed E-state index contributed by atoms with van der Waals surface area (Å²) in [6.07, 6.45) is 4.67. The Kier molecular flexibility index (Phi) is 4.14. The summed E-state index contributed by atoms with van der Waals surface area (Å²) >= 11 is 0. The summed E-state index contributed by atoms with van der Waals surface area (Å²) in [5, 5.41) is 0. The first-order valence-electron chi connectivity index (χ1n) is 5.93. The average Bonchev–Trinajstić information content (AvgIpc) is 2.09. The van der Waals surface area contributed by atoms with Crippen LogP contribution in [0.2, 0.25) is 0 Å². The molecule has 0 aromatic carbocycles. The van der Waals surface area contributed by atoms with Crippen molar-refractivity contribution in [3.63, 3.8) is 0 Å². The van der Waals surface area contributed by atoms with Gasteiger partial charge in [-0.25, -0.2) is 0 Å². The predicted octanol–water partition coefficient (Wildman–Crippen LogP) is 1.62. The molecule has 3 nitrogen and oxygen atoms in total. The van der Waals surface area contributed by atoms with Crippen LogP contribution in [0.3, 0.4) is 0 Å². The number of carbonyl (C=O) groups excluding carboxylic acids is 1. The highest BCUT2D eigenvalue weighted by molar-refractivity contribution is 5.81. The molecule has 0 aliphatic heterocycles. The van der Waals surface area contributed by atoms with Crippen LogP contribution in [-0.2, 0) is 4.79 Å². The summed E-state index contributed by atoms with van der Waals surface area (Å²) < 4.78 is 0. The molecule has 0 radical (unpaired) electrons. The summed E-state index contributed by atoms with van der Waals surface area (Å²) in [4.78, 5) is 14.0. The molecule has 0 aromatic heterocycles. The van der Waals surface area contributed by atoms with Gasteiger partial charge in [0.05, 0.1) is 0 Å². The van der Waals surface area contributed by atoms with Gasteiger partial charge in [-0.1, -0.05) is 20.3 Å². The van der Waals surface area contributed by atoms with Crippen LogP contribution in [0, 0.1) is 11.3 Å². The lowest BCUT2D eigenvalue weighted by atomic mass is 9.83. The Morgan fingerprint density at radius 3 is 2.47 bits per heavy atom. The van der Waals surface area contributed by atoms with Gasteiger partial charge in [0.15, 0.2) is 0 Å². The van der Waals surface area contributed by atoms with Gasteiger partial charge in [-0.05, 0) is 31.7 Å². The fourth-order valence-electron chi connectivity index (χ4n) is 2.13. The van der Waals surface area contributed by atoms with Crippen LogP contribution in [0.15, 0.2) is 0 Å².